The van der Waals surface area contributed by atoms with Gasteiger partial charge in [-0.1, -0.05) is 139 Å². The van der Waals surface area contributed by atoms with Crippen molar-refractivity contribution in [1.29, 1.82) is 0 Å². The lowest BCUT2D eigenvalue weighted by Gasteiger charge is -2.19. The number of fused-ring (bicyclic) bond motifs is 6. The zero-order valence-electron chi connectivity index (χ0n) is 36.1. The molecule has 0 saturated heterocycles. The van der Waals surface area contributed by atoms with Crippen molar-refractivity contribution in [2.45, 2.75) is 6.42 Å². The maximum atomic E-state index is 9.32. The van der Waals surface area contributed by atoms with E-state index < -0.39 is 85.0 Å². The summed E-state index contributed by atoms with van der Waals surface area (Å²) in [6, 6.07) is 17.7. The average Bonchev–Trinajstić information content (AvgIpc) is 3.60. The van der Waals surface area contributed by atoms with E-state index in [0.29, 0.717) is 16.5 Å². The van der Waals surface area contributed by atoms with E-state index in [2.05, 4.69) is 0 Å². The second-order valence-electron chi connectivity index (χ2n) is 10.6. The molecule has 1 nitrogen and oxygen atoms in total. The molecule has 206 valence electrons. The lowest BCUT2D eigenvalue weighted by molar-refractivity contribution is 0.669. The summed E-state index contributed by atoms with van der Waals surface area (Å²) in [5.74, 6) is 0. The van der Waals surface area contributed by atoms with Crippen molar-refractivity contribution in [3.63, 3.8) is 0 Å². The van der Waals surface area contributed by atoms with Gasteiger partial charge < -0.3 is 4.42 Å². The molecule has 9 rings (SSSR count). The predicted octanol–water partition coefficient (Wildman–Crippen LogP) is 12.0. The number of para-hydroxylation sites is 1. The van der Waals surface area contributed by atoms with Crippen LogP contribution in [0.3, 0.4) is 0 Å². The maximum Gasteiger partial charge on any atom is 0.136 e. The van der Waals surface area contributed by atoms with Crippen LogP contribution < -0.4 is 0 Å². The summed E-state index contributed by atoms with van der Waals surface area (Å²) in [5.41, 5.74) is 3.52. The summed E-state index contributed by atoms with van der Waals surface area (Å²) in [4.78, 5) is 0. The quantitative estimate of drug-likeness (QED) is 0.191. The van der Waals surface area contributed by atoms with Gasteiger partial charge in [0.15, 0.2) is 0 Å². The Morgan fingerprint density at radius 1 is 0.455 bits per heavy atom. The van der Waals surface area contributed by atoms with Crippen LogP contribution in [0, 0.1) is 0 Å². The standard InChI is InChI=1S/C43H28O/c1-2-12-28(13-3-1)26-40-33-16-6-8-19-37(33)43(38-20-9-7-17-34(38)40)39-25-24-30(31-14-4-5-15-32(31)39)29-22-23-36-35-18-10-11-21-41(35)44-42(36)27-29/h1-25,27H,26H2/i1D,2D,3D,6D,7D,8D,9D,12D,13D,16D,17D,19D,20D. The monoisotopic (exact) mass is 573 g/mol. The van der Waals surface area contributed by atoms with Crippen molar-refractivity contribution >= 4 is 54.3 Å². The van der Waals surface area contributed by atoms with Crippen molar-refractivity contribution in [1.82, 2.24) is 0 Å². The first kappa shape index (κ1) is 15.2. The highest BCUT2D eigenvalue weighted by Crippen LogP contribution is 2.44. The largest absolute Gasteiger partial charge is 0.456 e. The van der Waals surface area contributed by atoms with Crippen LogP contribution in [0.25, 0.3) is 76.5 Å². The Kier molecular flexibility index (Phi) is 3.44. The fourth-order valence-corrected chi connectivity index (χ4v) is 6.35. The average molecular weight is 574 g/mol. The van der Waals surface area contributed by atoms with E-state index in [4.69, 9.17) is 16.8 Å². The minimum absolute atomic E-state index is 0.0126. The van der Waals surface area contributed by atoms with Crippen molar-refractivity contribution < 1.29 is 22.2 Å². The molecule has 0 atom stereocenters. The third-order valence-corrected chi connectivity index (χ3v) is 8.27. The summed E-state index contributed by atoms with van der Waals surface area (Å²) in [7, 11) is 0. The zero-order chi connectivity index (χ0) is 40.3. The molecule has 44 heavy (non-hydrogen) atoms. The molecule has 1 heterocycles. The Morgan fingerprint density at radius 2 is 1.02 bits per heavy atom. The molecule has 1 aromatic heterocycles. The Hall–Kier alpha value is -5.66. The predicted molar refractivity (Wildman–Crippen MR) is 186 cm³/mol. The van der Waals surface area contributed by atoms with Gasteiger partial charge in [-0.05, 0) is 90.3 Å². The summed E-state index contributed by atoms with van der Waals surface area (Å²) in [6.07, 6.45) is -0.489. The fraction of sp³-hybridized carbons (Fsp3) is 0.0233. The van der Waals surface area contributed by atoms with E-state index >= 15 is 0 Å². The molecular weight excluding hydrogens is 532 g/mol. The summed E-state index contributed by atoms with van der Waals surface area (Å²) in [6.45, 7) is 0. The maximum absolute atomic E-state index is 9.32. The van der Waals surface area contributed by atoms with Gasteiger partial charge in [0, 0.05) is 10.8 Å². The van der Waals surface area contributed by atoms with Gasteiger partial charge >= 0.3 is 0 Å². The molecule has 0 amide bonds. The lowest BCUT2D eigenvalue weighted by atomic mass is 9.84. The SMILES string of the molecule is [2H]c1c([2H])c([2H])c(Cc2c3c([2H])c([2H])c([2H])c([2H])c3c(-c3ccc(-c4ccc5c(c4)oc4ccccc45)c4ccccc34)c3c([2H])c([2H])c([2H])c([2H])c23)c([2H])c1[2H]. The first-order chi connectivity index (χ1) is 27.2. The number of rotatable bonds is 4. The van der Waals surface area contributed by atoms with Crippen LogP contribution in [-0.2, 0) is 6.42 Å². The Morgan fingerprint density at radius 3 is 1.75 bits per heavy atom. The van der Waals surface area contributed by atoms with E-state index in [1.165, 1.54) is 0 Å². The van der Waals surface area contributed by atoms with E-state index in [9.17, 15) is 5.48 Å². The van der Waals surface area contributed by atoms with Crippen LogP contribution in [0.1, 0.15) is 28.9 Å². The second kappa shape index (κ2) is 9.97. The van der Waals surface area contributed by atoms with Gasteiger partial charge in [0.25, 0.3) is 0 Å². The van der Waals surface area contributed by atoms with Gasteiger partial charge in [-0.15, -0.1) is 0 Å². The topological polar surface area (TPSA) is 13.1 Å². The molecule has 0 spiro atoms. The van der Waals surface area contributed by atoms with E-state index in [0.717, 1.165) is 32.9 Å². The highest BCUT2D eigenvalue weighted by atomic mass is 16.3. The molecular formula is C43H28O. The third-order valence-electron chi connectivity index (χ3n) is 8.27. The molecule has 0 radical (unpaired) electrons. The lowest BCUT2D eigenvalue weighted by Crippen LogP contribution is -1.96. The molecule has 0 aliphatic heterocycles. The van der Waals surface area contributed by atoms with E-state index in [1.54, 1.807) is 6.07 Å². The number of benzene rings is 8. The van der Waals surface area contributed by atoms with Gasteiger partial charge in [-0.2, -0.15) is 0 Å². The summed E-state index contributed by atoms with van der Waals surface area (Å²) >= 11 is 0. The van der Waals surface area contributed by atoms with Crippen LogP contribution in [0.5, 0.6) is 0 Å². The molecule has 1 heteroatoms. The highest BCUT2D eigenvalue weighted by Gasteiger charge is 2.18. The van der Waals surface area contributed by atoms with Crippen LogP contribution in [0.2, 0.25) is 0 Å². The normalized spacial score (nSPS) is 15.9. The van der Waals surface area contributed by atoms with Gasteiger partial charge in [0.05, 0.1) is 17.8 Å². The van der Waals surface area contributed by atoms with Crippen molar-refractivity contribution in [2.75, 3.05) is 0 Å². The molecule has 0 aliphatic rings. The highest BCUT2D eigenvalue weighted by molar-refractivity contribution is 6.20. The summed E-state index contributed by atoms with van der Waals surface area (Å²) in [5, 5.41) is 3.14. The Labute approximate surface area is 273 Å². The minimum Gasteiger partial charge on any atom is -0.456 e. The van der Waals surface area contributed by atoms with Gasteiger partial charge in [0.2, 0.25) is 0 Å². The Bertz CT molecular complexity index is 3150. The molecule has 8 aromatic carbocycles. The zero-order valence-corrected chi connectivity index (χ0v) is 23.1. The number of hydrogen-bond donors (Lipinski definition) is 0. The minimum atomic E-state index is -0.615. The van der Waals surface area contributed by atoms with Crippen LogP contribution >= 0.6 is 0 Å². The third kappa shape index (κ3) is 3.87. The first-order valence-corrected chi connectivity index (χ1v) is 14.2. The van der Waals surface area contributed by atoms with E-state index in [-0.39, 0.29) is 38.2 Å². The molecule has 9 aromatic rings. The van der Waals surface area contributed by atoms with Crippen molar-refractivity contribution in [3.8, 4) is 22.3 Å². The number of hydrogen-bond acceptors (Lipinski definition) is 1. The molecule has 0 aliphatic carbocycles. The summed E-state index contributed by atoms with van der Waals surface area (Å²) < 4.78 is 120. The fourth-order valence-electron chi connectivity index (χ4n) is 6.35. The van der Waals surface area contributed by atoms with Crippen molar-refractivity contribution in [3.05, 3.63) is 169 Å². The smallest absolute Gasteiger partial charge is 0.136 e. The van der Waals surface area contributed by atoms with Crippen LogP contribution in [0.4, 0.5) is 0 Å². The molecule has 0 unspecified atom stereocenters. The van der Waals surface area contributed by atoms with Crippen LogP contribution in [-0.4, -0.2) is 0 Å². The number of furan rings is 1. The second-order valence-corrected chi connectivity index (χ2v) is 10.6. The van der Waals surface area contributed by atoms with E-state index in [1.807, 2.05) is 72.8 Å². The van der Waals surface area contributed by atoms with Gasteiger partial charge in [-0.25, -0.2) is 0 Å². The van der Waals surface area contributed by atoms with Crippen LogP contribution in [0.15, 0.2) is 162 Å². The molecule has 0 saturated carbocycles. The Balaban J connectivity index is 1.43. The molecule has 0 N–H and O–H groups in total. The molecule has 0 fully saturated rings. The molecule has 0 bridgehead atoms. The first-order valence-electron chi connectivity index (χ1n) is 20.7. The van der Waals surface area contributed by atoms with Crippen molar-refractivity contribution in [2.24, 2.45) is 0 Å². The van der Waals surface area contributed by atoms with Gasteiger partial charge in [0.1, 0.15) is 11.2 Å². The van der Waals surface area contributed by atoms with Gasteiger partial charge in [-0.3, -0.25) is 0 Å².